The second-order valence-corrected chi connectivity index (χ2v) is 4.99. The fraction of sp³-hybridized carbons (Fsp3) is 0.769. The van der Waals surface area contributed by atoms with Crippen LogP contribution in [0.1, 0.15) is 44.2 Å². The van der Waals surface area contributed by atoms with Crippen LogP contribution in [-0.4, -0.2) is 33.8 Å². The molecule has 2 heterocycles. The summed E-state index contributed by atoms with van der Waals surface area (Å²) >= 11 is 0. The van der Waals surface area contributed by atoms with Gasteiger partial charge in [-0.3, -0.25) is 9.58 Å². The Hall–Kier alpha value is -0.870. The lowest BCUT2D eigenvalue weighted by Crippen LogP contribution is -2.44. The maximum atomic E-state index is 5.98. The van der Waals surface area contributed by atoms with Crippen molar-refractivity contribution in [3.05, 3.63) is 18.0 Å². The van der Waals surface area contributed by atoms with Crippen LogP contribution in [0.4, 0.5) is 0 Å². The molecule has 0 aromatic carbocycles. The van der Waals surface area contributed by atoms with Crippen molar-refractivity contribution in [2.45, 2.75) is 44.7 Å². The Labute approximate surface area is 104 Å². The molecule has 1 fully saturated rings. The number of hydrogen-bond acceptors (Lipinski definition) is 3. The minimum Gasteiger partial charge on any atom is -0.329 e. The predicted octanol–water partition coefficient (Wildman–Crippen LogP) is 1.68. The largest absolute Gasteiger partial charge is 0.329 e. The minimum absolute atomic E-state index is 0.342. The van der Waals surface area contributed by atoms with E-state index in [1.165, 1.54) is 37.8 Å². The summed E-state index contributed by atoms with van der Waals surface area (Å²) in [5.41, 5.74) is 7.24. The number of piperidine rings is 1. The number of nitrogens with zero attached hydrogens (tertiary/aromatic N) is 3. The first-order valence-corrected chi connectivity index (χ1v) is 6.70. The van der Waals surface area contributed by atoms with Gasteiger partial charge in [-0.05, 0) is 25.8 Å². The van der Waals surface area contributed by atoms with Gasteiger partial charge in [-0.15, -0.1) is 0 Å². The number of nitrogens with two attached hydrogens (primary N) is 1. The van der Waals surface area contributed by atoms with Crippen LogP contribution in [-0.2, 0) is 7.05 Å². The summed E-state index contributed by atoms with van der Waals surface area (Å²) in [6, 6.07) is 1.03. The normalized spacial score (nSPS) is 23.8. The van der Waals surface area contributed by atoms with E-state index in [2.05, 4.69) is 23.1 Å². The van der Waals surface area contributed by atoms with E-state index in [4.69, 9.17) is 5.73 Å². The topological polar surface area (TPSA) is 47.1 Å². The van der Waals surface area contributed by atoms with E-state index in [-0.39, 0.29) is 0 Å². The molecule has 1 aliphatic heterocycles. The second kappa shape index (κ2) is 5.65. The standard InChI is InChI=1S/C13H24N4/c1-3-12-6-4-5-7-17(12)13(8-14)11-9-15-16(2)10-11/h9-10,12-13H,3-8,14H2,1-2H3. The number of rotatable bonds is 4. The van der Waals surface area contributed by atoms with Gasteiger partial charge >= 0.3 is 0 Å². The number of likely N-dealkylation sites (tertiary alicyclic amines) is 1. The molecule has 1 aliphatic rings. The van der Waals surface area contributed by atoms with Crippen LogP contribution in [0, 0.1) is 0 Å². The monoisotopic (exact) mass is 236 g/mol. The van der Waals surface area contributed by atoms with Crippen molar-refractivity contribution in [3.63, 3.8) is 0 Å². The van der Waals surface area contributed by atoms with Crippen molar-refractivity contribution in [1.29, 1.82) is 0 Å². The molecule has 2 unspecified atom stereocenters. The van der Waals surface area contributed by atoms with Crippen molar-refractivity contribution in [2.75, 3.05) is 13.1 Å². The van der Waals surface area contributed by atoms with Crippen molar-refractivity contribution in [3.8, 4) is 0 Å². The zero-order valence-electron chi connectivity index (χ0n) is 11.0. The Bertz CT molecular complexity index is 347. The lowest BCUT2D eigenvalue weighted by atomic mass is 9.96. The van der Waals surface area contributed by atoms with Crippen molar-refractivity contribution in [2.24, 2.45) is 12.8 Å². The summed E-state index contributed by atoms with van der Waals surface area (Å²) in [6.45, 7) is 4.14. The van der Waals surface area contributed by atoms with Crippen LogP contribution in [0.2, 0.25) is 0 Å². The number of hydrogen-bond donors (Lipinski definition) is 1. The van der Waals surface area contributed by atoms with E-state index < -0.39 is 0 Å². The van der Waals surface area contributed by atoms with Gasteiger partial charge in [0.15, 0.2) is 0 Å². The molecule has 0 saturated carbocycles. The first-order chi connectivity index (χ1) is 8.26. The first-order valence-electron chi connectivity index (χ1n) is 6.70. The van der Waals surface area contributed by atoms with Crippen LogP contribution in [0.5, 0.6) is 0 Å². The van der Waals surface area contributed by atoms with E-state index in [1.807, 2.05) is 17.9 Å². The molecule has 4 heteroatoms. The molecule has 2 N–H and O–H groups in total. The first kappa shape index (κ1) is 12.6. The van der Waals surface area contributed by atoms with Gasteiger partial charge in [0.1, 0.15) is 0 Å². The molecule has 0 amide bonds. The quantitative estimate of drug-likeness (QED) is 0.865. The van der Waals surface area contributed by atoms with Gasteiger partial charge in [0.05, 0.1) is 12.2 Å². The van der Waals surface area contributed by atoms with Crippen LogP contribution in [0.25, 0.3) is 0 Å². The highest BCUT2D eigenvalue weighted by atomic mass is 15.3. The van der Waals surface area contributed by atoms with Gasteiger partial charge in [-0.1, -0.05) is 13.3 Å². The summed E-state index contributed by atoms with van der Waals surface area (Å²) in [4.78, 5) is 2.58. The van der Waals surface area contributed by atoms with Crippen LogP contribution < -0.4 is 5.73 Å². The molecular weight excluding hydrogens is 212 g/mol. The van der Waals surface area contributed by atoms with Gasteiger partial charge in [-0.25, -0.2) is 0 Å². The third-order valence-corrected chi connectivity index (χ3v) is 3.88. The van der Waals surface area contributed by atoms with E-state index in [0.29, 0.717) is 18.6 Å². The summed E-state index contributed by atoms with van der Waals surface area (Å²) in [5, 5.41) is 4.27. The molecule has 0 bridgehead atoms. The van der Waals surface area contributed by atoms with Crippen LogP contribution in [0.15, 0.2) is 12.4 Å². The fourth-order valence-corrected chi connectivity index (χ4v) is 2.95. The van der Waals surface area contributed by atoms with Crippen molar-refractivity contribution >= 4 is 0 Å². The molecule has 0 aliphatic carbocycles. The predicted molar refractivity (Wildman–Crippen MR) is 69.6 cm³/mol. The van der Waals surface area contributed by atoms with Gasteiger partial charge < -0.3 is 5.73 Å². The lowest BCUT2D eigenvalue weighted by Gasteiger charge is -2.40. The fourth-order valence-electron chi connectivity index (χ4n) is 2.95. The Balaban J connectivity index is 2.16. The van der Waals surface area contributed by atoms with Gasteiger partial charge in [0, 0.05) is 31.4 Å². The Morgan fingerprint density at radius 2 is 2.35 bits per heavy atom. The van der Waals surface area contributed by atoms with Gasteiger partial charge in [-0.2, -0.15) is 5.10 Å². The summed E-state index contributed by atoms with van der Waals surface area (Å²) in [6.07, 6.45) is 9.24. The van der Waals surface area contributed by atoms with Crippen LogP contribution >= 0.6 is 0 Å². The Morgan fingerprint density at radius 3 is 2.94 bits per heavy atom. The smallest absolute Gasteiger partial charge is 0.0538 e. The van der Waals surface area contributed by atoms with E-state index in [1.54, 1.807) is 0 Å². The highest BCUT2D eigenvalue weighted by Crippen LogP contribution is 2.29. The zero-order valence-corrected chi connectivity index (χ0v) is 11.0. The second-order valence-electron chi connectivity index (χ2n) is 4.99. The molecule has 0 radical (unpaired) electrons. The molecule has 1 saturated heterocycles. The Morgan fingerprint density at radius 1 is 1.53 bits per heavy atom. The SMILES string of the molecule is CCC1CCCCN1C(CN)c1cnn(C)c1. The molecule has 1 aromatic heterocycles. The van der Waals surface area contributed by atoms with E-state index in [9.17, 15) is 0 Å². The number of aryl methyl sites for hydroxylation is 1. The Kier molecular flexibility index (Phi) is 4.18. The molecule has 0 spiro atoms. The molecule has 2 rings (SSSR count). The molecular formula is C13H24N4. The lowest BCUT2D eigenvalue weighted by molar-refractivity contribution is 0.0949. The minimum atomic E-state index is 0.342. The summed E-state index contributed by atoms with van der Waals surface area (Å²) in [5.74, 6) is 0. The third kappa shape index (κ3) is 2.69. The third-order valence-electron chi connectivity index (χ3n) is 3.88. The highest BCUT2D eigenvalue weighted by Gasteiger charge is 2.28. The zero-order chi connectivity index (χ0) is 12.3. The summed E-state index contributed by atoms with van der Waals surface area (Å²) < 4.78 is 1.86. The number of aromatic nitrogens is 2. The molecule has 17 heavy (non-hydrogen) atoms. The van der Waals surface area contributed by atoms with Crippen LogP contribution in [0.3, 0.4) is 0 Å². The highest BCUT2D eigenvalue weighted by molar-refractivity contribution is 5.12. The molecule has 1 aromatic rings. The molecule has 96 valence electrons. The van der Waals surface area contributed by atoms with Crippen molar-refractivity contribution < 1.29 is 0 Å². The van der Waals surface area contributed by atoms with E-state index >= 15 is 0 Å². The summed E-state index contributed by atoms with van der Waals surface area (Å²) in [7, 11) is 1.96. The molecule has 4 nitrogen and oxygen atoms in total. The molecule has 2 atom stereocenters. The van der Waals surface area contributed by atoms with Gasteiger partial charge in [0.2, 0.25) is 0 Å². The average Bonchev–Trinajstić information content (AvgIpc) is 2.77. The van der Waals surface area contributed by atoms with Crippen molar-refractivity contribution in [1.82, 2.24) is 14.7 Å². The van der Waals surface area contributed by atoms with Gasteiger partial charge in [0.25, 0.3) is 0 Å². The maximum Gasteiger partial charge on any atom is 0.0538 e. The maximum absolute atomic E-state index is 5.98. The van der Waals surface area contributed by atoms with E-state index in [0.717, 1.165) is 0 Å². The average molecular weight is 236 g/mol.